The van der Waals surface area contributed by atoms with E-state index < -0.39 is 12.1 Å². The Kier molecular flexibility index (Phi) is 10.8. The van der Waals surface area contributed by atoms with Crippen molar-refractivity contribution in [2.24, 2.45) is 5.41 Å². The van der Waals surface area contributed by atoms with Crippen LogP contribution in [0.5, 0.6) is 0 Å². The topological polar surface area (TPSA) is 55.8 Å². The molecule has 0 spiro atoms. The zero-order valence-corrected chi connectivity index (χ0v) is 13.6. The van der Waals surface area contributed by atoms with Crippen LogP contribution in [0.2, 0.25) is 0 Å². The van der Waals surface area contributed by atoms with E-state index in [0.29, 0.717) is 18.4 Å². The largest absolute Gasteiger partial charge is 0.479 e. The minimum atomic E-state index is -0.936. The third-order valence-corrected chi connectivity index (χ3v) is 3.18. The fourth-order valence-corrected chi connectivity index (χ4v) is 1.92. The van der Waals surface area contributed by atoms with Crippen molar-refractivity contribution in [1.29, 1.82) is 0 Å². The summed E-state index contributed by atoms with van der Waals surface area (Å²) >= 11 is 0. The summed E-state index contributed by atoms with van der Waals surface area (Å²) in [5, 5.41) is 9.07. The van der Waals surface area contributed by atoms with Crippen LogP contribution in [0, 0.1) is 5.41 Å². The minimum absolute atomic E-state index is 0.301. The summed E-state index contributed by atoms with van der Waals surface area (Å²) in [6.07, 6.45) is 7.03. The molecule has 0 saturated heterocycles. The van der Waals surface area contributed by atoms with Crippen molar-refractivity contribution in [3.8, 4) is 0 Å². The molecule has 1 N–H and O–H groups in total. The molecule has 1 atom stereocenters. The molecule has 1 unspecified atom stereocenters. The van der Waals surface area contributed by atoms with Gasteiger partial charge in [-0.25, -0.2) is 14.6 Å². The van der Waals surface area contributed by atoms with Gasteiger partial charge in [0.05, 0.1) is 6.61 Å². The molecule has 0 radical (unpaired) electrons. The number of carboxylic acid groups (broad SMARTS) is 1. The van der Waals surface area contributed by atoms with Gasteiger partial charge in [-0.3, -0.25) is 0 Å². The standard InChI is InChI=1S/C16H32O4/c1-5-6-7-10-13-19-20-14(15(17)18)11-8-9-12-16(2,3)4/h14H,5-13H2,1-4H3,(H,17,18). The van der Waals surface area contributed by atoms with Crippen LogP contribution in [-0.4, -0.2) is 23.8 Å². The van der Waals surface area contributed by atoms with E-state index in [4.69, 9.17) is 14.9 Å². The lowest BCUT2D eigenvalue weighted by molar-refractivity contribution is -0.321. The van der Waals surface area contributed by atoms with Crippen molar-refractivity contribution >= 4 is 5.97 Å². The number of carboxylic acids is 1. The molecule has 0 bridgehead atoms. The summed E-state index contributed by atoms with van der Waals surface area (Å²) in [6.45, 7) is 9.20. The number of unbranched alkanes of at least 4 members (excludes halogenated alkanes) is 4. The second-order valence-corrected chi connectivity index (χ2v) is 6.61. The SMILES string of the molecule is CCCCCCOOC(CCCCC(C)(C)C)C(=O)O. The second-order valence-electron chi connectivity index (χ2n) is 6.61. The van der Waals surface area contributed by atoms with Crippen LogP contribution in [0.1, 0.15) is 79.1 Å². The van der Waals surface area contributed by atoms with Crippen LogP contribution in [0.25, 0.3) is 0 Å². The molecule has 0 heterocycles. The predicted octanol–water partition coefficient (Wildman–Crippen LogP) is 4.57. The van der Waals surface area contributed by atoms with Crippen molar-refractivity contribution < 1.29 is 19.7 Å². The van der Waals surface area contributed by atoms with E-state index in [0.717, 1.165) is 32.1 Å². The van der Waals surface area contributed by atoms with Gasteiger partial charge in [0.25, 0.3) is 0 Å². The van der Waals surface area contributed by atoms with Gasteiger partial charge in [-0.15, -0.1) is 0 Å². The summed E-state index contributed by atoms with van der Waals surface area (Å²) in [5.41, 5.74) is 0.301. The number of rotatable bonds is 12. The smallest absolute Gasteiger partial charge is 0.336 e. The highest BCUT2D eigenvalue weighted by molar-refractivity contribution is 5.72. The Morgan fingerprint density at radius 2 is 1.80 bits per heavy atom. The summed E-state index contributed by atoms with van der Waals surface area (Å²) < 4.78 is 0. The average molecular weight is 288 g/mol. The van der Waals surface area contributed by atoms with Gasteiger partial charge < -0.3 is 5.11 Å². The minimum Gasteiger partial charge on any atom is -0.479 e. The quantitative estimate of drug-likeness (QED) is 0.324. The lowest BCUT2D eigenvalue weighted by atomic mass is 9.89. The van der Waals surface area contributed by atoms with Gasteiger partial charge in [0, 0.05) is 0 Å². The lowest BCUT2D eigenvalue weighted by Gasteiger charge is -2.18. The van der Waals surface area contributed by atoms with E-state index in [2.05, 4.69) is 27.7 Å². The Morgan fingerprint density at radius 1 is 1.10 bits per heavy atom. The molecular formula is C16H32O4. The molecular weight excluding hydrogens is 256 g/mol. The number of aliphatic carboxylic acids is 1. The molecule has 20 heavy (non-hydrogen) atoms. The van der Waals surface area contributed by atoms with Crippen molar-refractivity contribution in [2.75, 3.05) is 6.61 Å². The summed E-state index contributed by atoms with van der Waals surface area (Å²) in [4.78, 5) is 21.1. The Bertz CT molecular complexity index is 245. The van der Waals surface area contributed by atoms with Gasteiger partial charge in [0.1, 0.15) is 0 Å². The fraction of sp³-hybridized carbons (Fsp3) is 0.938. The third-order valence-electron chi connectivity index (χ3n) is 3.18. The second kappa shape index (κ2) is 11.1. The first-order valence-corrected chi connectivity index (χ1v) is 7.88. The van der Waals surface area contributed by atoms with Crippen LogP contribution >= 0.6 is 0 Å². The lowest BCUT2D eigenvalue weighted by Crippen LogP contribution is -2.24. The molecule has 0 aliphatic heterocycles. The van der Waals surface area contributed by atoms with Gasteiger partial charge in [-0.1, -0.05) is 59.8 Å². The first-order chi connectivity index (χ1) is 9.37. The van der Waals surface area contributed by atoms with E-state index in [9.17, 15) is 4.79 Å². The van der Waals surface area contributed by atoms with Crippen LogP contribution in [-0.2, 0) is 14.6 Å². The Hall–Kier alpha value is -0.610. The molecule has 0 aromatic carbocycles. The molecule has 0 amide bonds. The van der Waals surface area contributed by atoms with E-state index in [1.807, 2.05) is 0 Å². The van der Waals surface area contributed by atoms with Crippen LogP contribution in [0.3, 0.4) is 0 Å². The van der Waals surface area contributed by atoms with Crippen molar-refractivity contribution in [3.63, 3.8) is 0 Å². The van der Waals surface area contributed by atoms with Gasteiger partial charge in [-0.2, -0.15) is 0 Å². The van der Waals surface area contributed by atoms with E-state index >= 15 is 0 Å². The maximum absolute atomic E-state index is 11.1. The molecule has 0 aromatic heterocycles. The van der Waals surface area contributed by atoms with Crippen LogP contribution in [0.15, 0.2) is 0 Å². The molecule has 4 heteroatoms. The molecule has 4 nitrogen and oxygen atoms in total. The normalized spacial score (nSPS) is 13.4. The van der Waals surface area contributed by atoms with Gasteiger partial charge in [0.15, 0.2) is 6.10 Å². The van der Waals surface area contributed by atoms with Gasteiger partial charge in [0.2, 0.25) is 0 Å². The van der Waals surface area contributed by atoms with E-state index in [1.54, 1.807) is 0 Å². The van der Waals surface area contributed by atoms with Crippen molar-refractivity contribution in [2.45, 2.75) is 85.2 Å². The molecule has 0 saturated carbocycles. The first kappa shape index (κ1) is 19.4. The van der Waals surface area contributed by atoms with Crippen molar-refractivity contribution in [1.82, 2.24) is 0 Å². The first-order valence-electron chi connectivity index (χ1n) is 7.88. The van der Waals surface area contributed by atoms with Crippen molar-refractivity contribution in [3.05, 3.63) is 0 Å². The Labute approximate surface area is 123 Å². The number of carbonyl (C=O) groups is 1. The third kappa shape index (κ3) is 12.4. The molecule has 0 aliphatic rings. The van der Waals surface area contributed by atoms with E-state index in [-0.39, 0.29) is 0 Å². The van der Waals surface area contributed by atoms with Gasteiger partial charge in [-0.05, 0) is 24.7 Å². The zero-order valence-electron chi connectivity index (χ0n) is 13.6. The maximum atomic E-state index is 11.1. The Balaban J connectivity index is 3.69. The highest BCUT2D eigenvalue weighted by atomic mass is 17.2. The molecule has 120 valence electrons. The zero-order chi connectivity index (χ0) is 15.4. The molecule has 0 fully saturated rings. The average Bonchev–Trinajstić information content (AvgIpc) is 2.34. The maximum Gasteiger partial charge on any atom is 0.336 e. The number of hydrogen-bond acceptors (Lipinski definition) is 3. The summed E-state index contributed by atoms with van der Waals surface area (Å²) in [7, 11) is 0. The summed E-state index contributed by atoms with van der Waals surface area (Å²) in [6, 6.07) is 0. The fourth-order valence-electron chi connectivity index (χ4n) is 1.92. The highest BCUT2D eigenvalue weighted by Crippen LogP contribution is 2.22. The summed E-state index contributed by atoms with van der Waals surface area (Å²) in [5.74, 6) is -0.936. The van der Waals surface area contributed by atoms with Crippen LogP contribution in [0.4, 0.5) is 0 Å². The molecule has 0 aromatic rings. The highest BCUT2D eigenvalue weighted by Gasteiger charge is 2.19. The molecule has 0 aliphatic carbocycles. The molecule has 0 rings (SSSR count). The Morgan fingerprint density at radius 3 is 2.35 bits per heavy atom. The number of hydrogen-bond donors (Lipinski definition) is 1. The monoisotopic (exact) mass is 288 g/mol. The predicted molar refractivity (Wildman–Crippen MR) is 80.5 cm³/mol. The van der Waals surface area contributed by atoms with Crippen LogP contribution < -0.4 is 0 Å². The van der Waals surface area contributed by atoms with Gasteiger partial charge >= 0.3 is 5.97 Å². The van der Waals surface area contributed by atoms with E-state index in [1.165, 1.54) is 12.8 Å².